The molecule has 1 amide bonds. The summed E-state index contributed by atoms with van der Waals surface area (Å²) in [5.41, 5.74) is 1.14. The summed E-state index contributed by atoms with van der Waals surface area (Å²) in [7, 11) is 1.29. The van der Waals surface area contributed by atoms with E-state index in [0.29, 0.717) is 10.6 Å². The zero-order valence-electron chi connectivity index (χ0n) is 12.5. The molecule has 0 aliphatic carbocycles. The first-order valence-corrected chi connectivity index (χ1v) is 7.27. The van der Waals surface area contributed by atoms with Crippen molar-refractivity contribution in [3.8, 4) is 0 Å². The normalized spacial score (nSPS) is 11.8. The van der Waals surface area contributed by atoms with Crippen LogP contribution in [-0.4, -0.2) is 30.1 Å². The first-order chi connectivity index (χ1) is 9.76. The molecule has 21 heavy (non-hydrogen) atoms. The summed E-state index contributed by atoms with van der Waals surface area (Å²) in [4.78, 5) is 35.2. The third kappa shape index (κ3) is 4.56. The Hall–Kier alpha value is -1.89. The van der Waals surface area contributed by atoms with Gasteiger partial charge >= 0.3 is 11.9 Å². The van der Waals surface area contributed by atoms with Gasteiger partial charge in [0.15, 0.2) is 0 Å². The summed E-state index contributed by atoms with van der Waals surface area (Å²) >= 11 is 1.30. The van der Waals surface area contributed by atoms with Crippen molar-refractivity contribution < 1.29 is 24.2 Å². The number of hydrogen-bond donors (Lipinski definition) is 2. The highest BCUT2D eigenvalue weighted by Gasteiger charge is 2.22. The van der Waals surface area contributed by atoms with Crippen LogP contribution < -0.4 is 5.32 Å². The van der Waals surface area contributed by atoms with Gasteiger partial charge in [0.1, 0.15) is 5.00 Å². The van der Waals surface area contributed by atoms with Crippen molar-refractivity contribution in [3.63, 3.8) is 0 Å². The molecule has 0 radical (unpaired) electrons. The Bertz CT molecular complexity index is 564. The number of carboxylic acid groups (broad SMARTS) is 1. The van der Waals surface area contributed by atoms with Crippen molar-refractivity contribution >= 4 is 34.2 Å². The van der Waals surface area contributed by atoms with Gasteiger partial charge in [0.2, 0.25) is 5.91 Å². The zero-order valence-corrected chi connectivity index (χ0v) is 13.3. The number of ether oxygens (including phenoxy) is 1. The highest BCUT2D eigenvalue weighted by Crippen LogP contribution is 2.33. The lowest BCUT2D eigenvalue weighted by Crippen LogP contribution is -2.18. The second-order valence-corrected chi connectivity index (χ2v) is 6.16. The average Bonchev–Trinajstić information content (AvgIpc) is 2.62. The molecule has 0 fully saturated rings. The number of rotatable bonds is 6. The molecule has 0 saturated heterocycles. The van der Waals surface area contributed by atoms with E-state index in [9.17, 15) is 14.4 Å². The van der Waals surface area contributed by atoms with Crippen LogP contribution >= 0.6 is 11.3 Å². The van der Waals surface area contributed by atoms with Crippen LogP contribution in [0.25, 0.3) is 0 Å². The van der Waals surface area contributed by atoms with Gasteiger partial charge in [-0.1, -0.05) is 6.92 Å². The Kier molecular flexibility index (Phi) is 5.90. The lowest BCUT2D eigenvalue weighted by molar-refractivity contribution is -0.138. The van der Waals surface area contributed by atoms with Crippen molar-refractivity contribution in [3.05, 3.63) is 16.0 Å². The van der Waals surface area contributed by atoms with Gasteiger partial charge in [0.05, 0.1) is 12.7 Å². The highest BCUT2D eigenvalue weighted by molar-refractivity contribution is 7.16. The molecule has 7 heteroatoms. The number of anilines is 1. The summed E-state index contributed by atoms with van der Waals surface area (Å²) in [6.45, 7) is 5.34. The number of aliphatic carboxylic acids is 1. The van der Waals surface area contributed by atoms with Crippen LogP contribution in [0.1, 0.15) is 40.6 Å². The maximum Gasteiger partial charge on any atom is 0.341 e. The fraction of sp³-hybridized carbons (Fsp3) is 0.500. The van der Waals surface area contributed by atoms with Gasteiger partial charge in [0.25, 0.3) is 0 Å². The molecule has 1 rings (SSSR count). The van der Waals surface area contributed by atoms with Crippen LogP contribution in [0.15, 0.2) is 0 Å². The van der Waals surface area contributed by atoms with Crippen LogP contribution in [0.5, 0.6) is 0 Å². The second-order valence-electron chi connectivity index (χ2n) is 4.93. The van der Waals surface area contributed by atoms with Crippen molar-refractivity contribution in [2.24, 2.45) is 5.92 Å². The van der Waals surface area contributed by atoms with Crippen molar-refractivity contribution in [2.75, 3.05) is 12.4 Å². The number of nitrogens with one attached hydrogen (secondary N) is 1. The Labute approximate surface area is 127 Å². The molecular weight excluding hydrogens is 294 g/mol. The van der Waals surface area contributed by atoms with Crippen LogP contribution in [0, 0.1) is 19.8 Å². The Morgan fingerprint density at radius 1 is 1.29 bits per heavy atom. The van der Waals surface area contributed by atoms with E-state index in [1.807, 2.05) is 6.92 Å². The fourth-order valence-corrected chi connectivity index (χ4v) is 2.99. The fourth-order valence-electron chi connectivity index (χ4n) is 1.93. The van der Waals surface area contributed by atoms with Gasteiger partial charge in [-0.25, -0.2) is 4.79 Å². The molecule has 116 valence electrons. The molecule has 1 aromatic rings. The number of amides is 1. The van der Waals surface area contributed by atoms with E-state index < -0.39 is 11.9 Å². The van der Waals surface area contributed by atoms with Gasteiger partial charge in [-0.15, -0.1) is 11.3 Å². The number of hydrogen-bond acceptors (Lipinski definition) is 5. The van der Waals surface area contributed by atoms with Crippen LogP contribution in [0.4, 0.5) is 5.00 Å². The van der Waals surface area contributed by atoms with E-state index in [-0.39, 0.29) is 24.7 Å². The zero-order chi connectivity index (χ0) is 16.2. The summed E-state index contributed by atoms with van der Waals surface area (Å²) < 4.78 is 4.73. The van der Waals surface area contributed by atoms with E-state index in [1.54, 1.807) is 13.8 Å². The summed E-state index contributed by atoms with van der Waals surface area (Å²) in [5, 5.41) is 11.8. The average molecular weight is 313 g/mol. The minimum absolute atomic E-state index is 0.0697. The number of esters is 1. The molecule has 1 aromatic heterocycles. The van der Waals surface area contributed by atoms with Crippen LogP contribution in [0.3, 0.4) is 0 Å². The van der Waals surface area contributed by atoms with E-state index in [1.165, 1.54) is 18.4 Å². The lowest BCUT2D eigenvalue weighted by atomic mass is 10.0. The van der Waals surface area contributed by atoms with Gasteiger partial charge in [-0.05, 0) is 25.3 Å². The first-order valence-electron chi connectivity index (χ1n) is 6.46. The molecule has 0 aromatic carbocycles. The number of thiophene rings is 1. The van der Waals surface area contributed by atoms with Crippen molar-refractivity contribution in [1.29, 1.82) is 0 Å². The number of carboxylic acids is 1. The first kappa shape index (κ1) is 17.2. The topological polar surface area (TPSA) is 92.7 Å². The largest absolute Gasteiger partial charge is 0.481 e. The van der Waals surface area contributed by atoms with E-state index >= 15 is 0 Å². The number of methoxy groups -OCH3 is 1. The van der Waals surface area contributed by atoms with Crippen molar-refractivity contribution in [1.82, 2.24) is 0 Å². The lowest BCUT2D eigenvalue weighted by Gasteiger charge is -2.09. The quantitative estimate of drug-likeness (QED) is 0.787. The molecule has 0 aliphatic rings. The molecule has 0 spiro atoms. The maximum absolute atomic E-state index is 11.9. The Balaban J connectivity index is 2.83. The standard InChI is InChI=1S/C14H19NO5S/c1-7(6-11(17)18)5-10(16)15-13-12(14(19)20-4)8(2)9(3)21-13/h7H,5-6H2,1-4H3,(H,15,16)(H,17,18)/t7-/m0/s1. The SMILES string of the molecule is COC(=O)c1c(NC(=O)C[C@H](C)CC(=O)O)sc(C)c1C. The number of aryl methyl sites for hydroxylation is 1. The third-order valence-corrected chi connectivity index (χ3v) is 4.21. The third-order valence-electron chi connectivity index (χ3n) is 3.08. The Morgan fingerprint density at radius 3 is 2.43 bits per heavy atom. The molecule has 0 bridgehead atoms. The minimum Gasteiger partial charge on any atom is -0.481 e. The van der Waals surface area contributed by atoms with Gasteiger partial charge in [0, 0.05) is 17.7 Å². The van der Waals surface area contributed by atoms with Crippen LogP contribution in [0.2, 0.25) is 0 Å². The molecule has 0 unspecified atom stereocenters. The molecule has 1 heterocycles. The number of carbonyl (C=O) groups is 3. The Morgan fingerprint density at radius 2 is 1.90 bits per heavy atom. The van der Waals surface area contributed by atoms with Crippen LogP contribution in [-0.2, 0) is 14.3 Å². The predicted molar refractivity (Wildman–Crippen MR) is 79.8 cm³/mol. The highest BCUT2D eigenvalue weighted by atomic mass is 32.1. The number of carbonyl (C=O) groups excluding carboxylic acids is 2. The molecule has 0 aliphatic heterocycles. The van der Waals surface area contributed by atoms with E-state index in [0.717, 1.165) is 10.4 Å². The van der Waals surface area contributed by atoms with Gasteiger partial charge in [-0.3, -0.25) is 9.59 Å². The molecule has 0 saturated carbocycles. The summed E-state index contributed by atoms with van der Waals surface area (Å²) in [6.07, 6.45) is 0.0166. The monoisotopic (exact) mass is 313 g/mol. The van der Waals surface area contributed by atoms with E-state index in [4.69, 9.17) is 9.84 Å². The summed E-state index contributed by atoms with van der Waals surface area (Å²) in [6, 6.07) is 0. The van der Waals surface area contributed by atoms with Gasteiger partial charge < -0.3 is 15.2 Å². The predicted octanol–water partition coefficient (Wildman–Crippen LogP) is 2.59. The second kappa shape index (κ2) is 7.21. The molecule has 6 nitrogen and oxygen atoms in total. The smallest absolute Gasteiger partial charge is 0.341 e. The molecular formula is C14H19NO5S. The summed E-state index contributed by atoms with van der Waals surface area (Å²) in [5.74, 6) is -2.01. The minimum atomic E-state index is -0.937. The van der Waals surface area contributed by atoms with Gasteiger partial charge in [-0.2, -0.15) is 0 Å². The molecule has 1 atom stereocenters. The van der Waals surface area contributed by atoms with E-state index in [2.05, 4.69) is 5.32 Å². The maximum atomic E-state index is 11.9. The van der Waals surface area contributed by atoms with Crippen molar-refractivity contribution in [2.45, 2.75) is 33.6 Å². The molecule has 2 N–H and O–H groups in total.